The van der Waals surface area contributed by atoms with Crippen LogP contribution in [0.1, 0.15) is 24.9 Å². The number of hydrogen-bond donors (Lipinski definition) is 0. The van der Waals surface area contributed by atoms with E-state index in [1.54, 1.807) is 17.1 Å². The third-order valence-corrected chi connectivity index (χ3v) is 3.33. The number of hydrogen-bond acceptors (Lipinski definition) is 2. The van der Waals surface area contributed by atoms with E-state index in [1.807, 2.05) is 19.0 Å². The summed E-state index contributed by atoms with van der Waals surface area (Å²) in [7, 11) is 1.88. The highest BCUT2D eigenvalue weighted by molar-refractivity contribution is 5.93. The molecule has 0 aromatic heterocycles. The van der Waals surface area contributed by atoms with Crippen molar-refractivity contribution < 1.29 is 9.18 Å². The Bertz CT molecular complexity index is 469. The van der Waals surface area contributed by atoms with Crippen LogP contribution >= 0.6 is 0 Å². The summed E-state index contributed by atoms with van der Waals surface area (Å²) < 4.78 is 12.9. The van der Waals surface area contributed by atoms with Gasteiger partial charge in [-0.05, 0) is 31.0 Å². The fourth-order valence-corrected chi connectivity index (χ4v) is 2.18. The molecule has 3 nitrogen and oxygen atoms in total. The van der Waals surface area contributed by atoms with Gasteiger partial charge in [0.25, 0.3) is 5.91 Å². The lowest BCUT2D eigenvalue weighted by molar-refractivity contribution is -0.151. The maximum Gasteiger partial charge on any atom is 0.264 e. The van der Waals surface area contributed by atoms with Gasteiger partial charge in [-0.3, -0.25) is 9.80 Å². The summed E-state index contributed by atoms with van der Waals surface area (Å²) in [6.07, 6.45) is 0.696. The maximum absolute atomic E-state index is 12.9. The van der Waals surface area contributed by atoms with Gasteiger partial charge in [-0.25, -0.2) is 9.40 Å². The van der Waals surface area contributed by atoms with Crippen molar-refractivity contribution in [2.45, 2.75) is 19.4 Å². The number of benzene rings is 1. The molecular weight excluding hydrogens is 231 g/mol. The quantitative estimate of drug-likeness (QED) is 0.751. The van der Waals surface area contributed by atoms with E-state index in [4.69, 9.17) is 0 Å². The molecule has 0 saturated carbocycles. The second-order valence-corrected chi connectivity index (χ2v) is 4.61. The van der Waals surface area contributed by atoms with Gasteiger partial charge in [-0.2, -0.15) is 0 Å². The fourth-order valence-electron chi connectivity index (χ4n) is 2.18. The smallest absolute Gasteiger partial charge is 0.264 e. The Hall–Kier alpha value is -1.68. The van der Waals surface area contributed by atoms with Gasteiger partial charge in [0, 0.05) is 19.2 Å². The average Bonchev–Trinajstić information content (AvgIpc) is 2.35. The highest BCUT2D eigenvalue weighted by Crippen LogP contribution is 2.27. The zero-order chi connectivity index (χ0) is 13.3. The van der Waals surface area contributed by atoms with E-state index < -0.39 is 0 Å². The van der Waals surface area contributed by atoms with Crippen molar-refractivity contribution in [2.24, 2.45) is 0 Å². The number of rotatable bonds is 2. The molecule has 1 aliphatic heterocycles. The molecular formula is C14H17FN2O. The number of halogens is 1. The molecule has 0 N–H and O–H groups in total. The molecule has 1 aliphatic rings. The monoisotopic (exact) mass is 248 g/mol. The summed E-state index contributed by atoms with van der Waals surface area (Å²) in [6, 6.07) is 6.11. The SMILES string of the molecule is C=C1CCN(C)N(C(C)c2ccc(F)cc2)C1=O. The number of nitrogens with zero attached hydrogens (tertiary/aromatic N) is 2. The molecule has 4 heteroatoms. The van der Waals surface area contributed by atoms with E-state index >= 15 is 0 Å². The molecule has 0 spiro atoms. The topological polar surface area (TPSA) is 23.6 Å². The zero-order valence-corrected chi connectivity index (χ0v) is 10.7. The van der Waals surface area contributed by atoms with Crippen molar-refractivity contribution in [2.75, 3.05) is 13.6 Å². The fraction of sp³-hybridized carbons (Fsp3) is 0.357. The third-order valence-electron chi connectivity index (χ3n) is 3.33. The first-order valence-corrected chi connectivity index (χ1v) is 5.98. The summed E-state index contributed by atoms with van der Waals surface area (Å²) in [5, 5.41) is 3.57. The lowest BCUT2D eigenvalue weighted by atomic mass is 10.0. The van der Waals surface area contributed by atoms with Gasteiger partial charge in [0.05, 0.1) is 6.04 Å². The molecule has 2 rings (SSSR count). The lowest BCUT2D eigenvalue weighted by Crippen LogP contribution is -2.50. The molecule has 1 amide bonds. The second kappa shape index (κ2) is 4.90. The molecule has 96 valence electrons. The predicted octanol–water partition coefficient (Wildman–Crippen LogP) is 2.52. The molecule has 1 aromatic carbocycles. The van der Waals surface area contributed by atoms with Gasteiger partial charge >= 0.3 is 0 Å². The Balaban J connectivity index is 2.26. The minimum Gasteiger partial charge on any atom is -0.268 e. The van der Waals surface area contributed by atoms with Crippen molar-refractivity contribution in [3.8, 4) is 0 Å². The Labute approximate surface area is 106 Å². The van der Waals surface area contributed by atoms with E-state index in [9.17, 15) is 9.18 Å². The predicted molar refractivity (Wildman–Crippen MR) is 68.0 cm³/mol. The first kappa shape index (κ1) is 12.8. The molecule has 1 atom stereocenters. The normalized spacial score (nSPS) is 19.2. The van der Waals surface area contributed by atoms with Crippen LogP contribution in [0, 0.1) is 5.82 Å². The van der Waals surface area contributed by atoms with Crippen molar-refractivity contribution >= 4 is 5.91 Å². The van der Waals surface area contributed by atoms with Crippen LogP contribution in [0.2, 0.25) is 0 Å². The van der Waals surface area contributed by atoms with Crippen molar-refractivity contribution in [3.63, 3.8) is 0 Å². The Morgan fingerprint density at radius 2 is 1.94 bits per heavy atom. The van der Waals surface area contributed by atoms with Gasteiger partial charge in [0.2, 0.25) is 0 Å². The van der Waals surface area contributed by atoms with Crippen LogP contribution < -0.4 is 0 Å². The van der Waals surface area contributed by atoms with E-state index in [0.29, 0.717) is 12.0 Å². The van der Waals surface area contributed by atoms with Crippen LogP contribution in [0.15, 0.2) is 36.4 Å². The lowest BCUT2D eigenvalue weighted by Gasteiger charge is -2.40. The average molecular weight is 248 g/mol. The maximum atomic E-state index is 12.9. The highest BCUT2D eigenvalue weighted by Gasteiger charge is 2.30. The minimum absolute atomic E-state index is 0.0550. The third kappa shape index (κ3) is 2.29. The van der Waals surface area contributed by atoms with Crippen LogP contribution in [-0.2, 0) is 4.79 Å². The zero-order valence-electron chi connectivity index (χ0n) is 10.7. The first-order valence-electron chi connectivity index (χ1n) is 5.98. The molecule has 0 radical (unpaired) electrons. The Kier molecular flexibility index (Phi) is 3.48. The summed E-state index contributed by atoms with van der Waals surface area (Å²) in [4.78, 5) is 12.1. The van der Waals surface area contributed by atoms with E-state index in [0.717, 1.165) is 12.1 Å². The molecule has 1 unspecified atom stereocenters. The summed E-state index contributed by atoms with van der Waals surface area (Å²) in [5.74, 6) is -0.325. The molecule has 0 bridgehead atoms. The standard InChI is InChI=1S/C14H17FN2O/c1-10-8-9-16(3)17(14(10)18)11(2)12-4-6-13(15)7-5-12/h4-7,11H,1,8-9H2,2-3H3. The molecule has 1 fully saturated rings. The molecule has 1 heterocycles. The van der Waals surface area contributed by atoms with Gasteiger partial charge in [0.15, 0.2) is 0 Å². The number of carbonyl (C=O) groups excluding carboxylic acids is 1. The van der Waals surface area contributed by atoms with Crippen LogP contribution in [0.5, 0.6) is 0 Å². The van der Waals surface area contributed by atoms with Crippen molar-refractivity contribution in [1.82, 2.24) is 10.0 Å². The first-order chi connectivity index (χ1) is 8.50. The van der Waals surface area contributed by atoms with E-state index in [1.165, 1.54) is 12.1 Å². The molecule has 1 saturated heterocycles. The van der Waals surface area contributed by atoms with Crippen LogP contribution in [0.4, 0.5) is 4.39 Å². The Morgan fingerprint density at radius 3 is 2.56 bits per heavy atom. The van der Waals surface area contributed by atoms with Gasteiger partial charge in [-0.1, -0.05) is 18.7 Å². The van der Waals surface area contributed by atoms with Crippen LogP contribution in [0.25, 0.3) is 0 Å². The minimum atomic E-state index is -0.270. The van der Waals surface area contributed by atoms with E-state index in [2.05, 4.69) is 6.58 Å². The largest absolute Gasteiger partial charge is 0.268 e. The number of amides is 1. The van der Waals surface area contributed by atoms with Gasteiger partial charge in [0.1, 0.15) is 5.82 Å². The van der Waals surface area contributed by atoms with Gasteiger partial charge in [-0.15, -0.1) is 0 Å². The van der Waals surface area contributed by atoms with Crippen molar-refractivity contribution in [1.29, 1.82) is 0 Å². The molecule has 1 aromatic rings. The number of hydrazine groups is 1. The summed E-state index contributed by atoms with van der Waals surface area (Å²) in [6.45, 7) is 6.50. The second-order valence-electron chi connectivity index (χ2n) is 4.61. The highest BCUT2D eigenvalue weighted by atomic mass is 19.1. The van der Waals surface area contributed by atoms with Crippen molar-refractivity contribution in [3.05, 3.63) is 47.8 Å². The molecule has 0 aliphatic carbocycles. The van der Waals surface area contributed by atoms with Gasteiger partial charge < -0.3 is 0 Å². The molecule has 18 heavy (non-hydrogen) atoms. The Morgan fingerprint density at radius 1 is 1.33 bits per heavy atom. The number of carbonyl (C=O) groups is 1. The van der Waals surface area contributed by atoms with Crippen LogP contribution in [-0.4, -0.2) is 29.5 Å². The van der Waals surface area contributed by atoms with E-state index in [-0.39, 0.29) is 17.8 Å². The summed E-state index contributed by atoms with van der Waals surface area (Å²) in [5.41, 5.74) is 1.54. The summed E-state index contributed by atoms with van der Waals surface area (Å²) >= 11 is 0. The van der Waals surface area contributed by atoms with Crippen LogP contribution in [0.3, 0.4) is 0 Å².